The van der Waals surface area contributed by atoms with Gasteiger partial charge in [-0.3, -0.25) is 4.79 Å². The van der Waals surface area contributed by atoms with Crippen molar-refractivity contribution in [2.75, 3.05) is 6.61 Å². The lowest BCUT2D eigenvalue weighted by molar-refractivity contribution is -0.131. The summed E-state index contributed by atoms with van der Waals surface area (Å²) < 4.78 is 0. The zero-order valence-corrected chi connectivity index (χ0v) is 37.6. The van der Waals surface area contributed by atoms with Gasteiger partial charge in [-0.2, -0.15) is 0 Å². The highest BCUT2D eigenvalue weighted by atomic mass is 16.3. The van der Waals surface area contributed by atoms with Crippen molar-refractivity contribution >= 4 is 5.91 Å². The quantitative estimate of drug-likeness (QED) is 0.0463. The molecule has 0 aromatic heterocycles. The predicted octanol–water partition coefficient (Wildman–Crippen LogP) is 15.0. The number of amides is 1. The van der Waals surface area contributed by atoms with Crippen LogP contribution < -0.4 is 5.32 Å². The highest BCUT2D eigenvalue weighted by Crippen LogP contribution is 2.18. The molecule has 0 radical (unpaired) electrons. The third-order valence-electron chi connectivity index (χ3n) is 12.2. The summed E-state index contributed by atoms with van der Waals surface area (Å²) in [5.41, 5.74) is 0. The molecule has 5 heteroatoms. The number of hydrogen-bond donors (Lipinski definition) is 4. The van der Waals surface area contributed by atoms with Crippen molar-refractivity contribution in [3.63, 3.8) is 0 Å². The second kappa shape index (κ2) is 46.0. The Morgan fingerprint density at radius 2 is 0.582 bits per heavy atom. The molecular formula is C50H101NO4. The standard InChI is InChI=1S/C50H101NO4/c1-3-5-7-9-11-13-15-17-18-19-20-21-22-23-24-25-26-27-28-29-30-31-33-35-37-39-41-43-45-49(54)50(55)51-47(46-52)48(53)44-42-40-38-36-34-32-16-14-12-10-8-6-4-2/h47-49,52-54H,3-46H2,1-2H3,(H,51,55). The summed E-state index contributed by atoms with van der Waals surface area (Å²) >= 11 is 0. The molecule has 0 saturated heterocycles. The van der Waals surface area contributed by atoms with Crippen LogP contribution in [0.25, 0.3) is 0 Å². The van der Waals surface area contributed by atoms with Crippen LogP contribution in [0, 0.1) is 0 Å². The number of rotatable bonds is 47. The van der Waals surface area contributed by atoms with Crippen LogP contribution in [0.15, 0.2) is 0 Å². The number of carbonyl (C=O) groups excluding carboxylic acids is 1. The van der Waals surface area contributed by atoms with E-state index in [1.807, 2.05) is 0 Å². The van der Waals surface area contributed by atoms with E-state index in [0.717, 1.165) is 32.1 Å². The Labute approximate surface area is 345 Å². The Kier molecular flexibility index (Phi) is 45.5. The normalized spacial score (nSPS) is 13.3. The Morgan fingerprint density at radius 3 is 0.818 bits per heavy atom. The molecule has 3 unspecified atom stereocenters. The fourth-order valence-corrected chi connectivity index (χ4v) is 8.25. The van der Waals surface area contributed by atoms with Gasteiger partial charge in [-0.25, -0.2) is 0 Å². The predicted molar refractivity (Wildman–Crippen MR) is 241 cm³/mol. The maximum absolute atomic E-state index is 12.5. The van der Waals surface area contributed by atoms with E-state index in [0.29, 0.717) is 12.8 Å². The number of aliphatic hydroxyl groups is 3. The molecule has 3 atom stereocenters. The minimum Gasteiger partial charge on any atom is -0.394 e. The molecule has 0 rings (SSSR count). The van der Waals surface area contributed by atoms with Crippen LogP contribution >= 0.6 is 0 Å². The van der Waals surface area contributed by atoms with Crippen molar-refractivity contribution in [1.82, 2.24) is 5.32 Å². The lowest BCUT2D eigenvalue weighted by Crippen LogP contribution is -2.49. The Bertz CT molecular complexity index is 733. The smallest absolute Gasteiger partial charge is 0.249 e. The largest absolute Gasteiger partial charge is 0.394 e. The van der Waals surface area contributed by atoms with E-state index in [1.54, 1.807) is 0 Å². The number of aliphatic hydroxyl groups excluding tert-OH is 3. The van der Waals surface area contributed by atoms with Crippen LogP contribution in [0.1, 0.15) is 290 Å². The molecule has 0 saturated carbocycles. The molecule has 0 aromatic carbocycles. The van der Waals surface area contributed by atoms with E-state index in [2.05, 4.69) is 19.2 Å². The number of nitrogens with one attached hydrogen (secondary N) is 1. The summed E-state index contributed by atoms with van der Waals surface area (Å²) in [6.07, 6.45) is 54.2. The van der Waals surface area contributed by atoms with Gasteiger partial charge in [-0.1, -0.05) is 277 Å². The van der Waals surface area contributed by atoms with Crippen LogP contribution in [0.3, 0.4) is 0 Å². The summed E-state index contributed by atoms with van der Waals surface area (Å²) in [7, 11) is 0. The van der Waals surface area contributed by atoms with Gasteiger partial charge in [-0.05, 0) is 12.8 Å². The van der Waals surface area contributed by atoms with E-state index < -0.39 is 24.2 Å². The first-order valence-corrected chi connectivity index (χ1v) is 25.3. The first kappa shape index (κ1) is 54.3. The SMILES string of the molecule is CCCCCCCCCCCCCCCCCCCCCCCCCCCCCCC(O)C(=O)NC(CO)C(O)CCCCCCCCCCCCCCC. The summed E-state index contributed by atoms with van der Waals surface area (Å²) in [6.45, 7) is 4.26. The van der Waals surface area contributed by atoms with Crippen molar-refractivity contribution < 1.29 is 20.1 Å². The van der Waals surface area contributed by atoms with Crippen molar-refractivity contribution in [1.29, 1.82) is 0 Å². The van der Waals surface area contributed by atoms with Gasteiger partial charge in [-0.15, -0.1) is 0 Å². The zero-order valence-electron chi connectivity index (χ0n) is 37.6. The van der Waals surface area contributed by atoms with Crippen LogP contribution in [0.4, 0.5) is 0 Å². The molecule has 330 valence electrons. The van der Waals surface area contributed by atoms with Gasteiger partial charge in [0.2, 0.25) is 5.91 Å². The summed E-state index contributed by atoms with van der Waals surface area (Å²) in [4.78, 5) is 12.5. The molecule has 0 aliphatic carbocycles. The minimum atomic E-state index is -1.07. The van der Waals surface area contributed by atoms with Crippen molar-refractivity contribution in [2.45, 2.75) is 308 Å². The molecule has 0 heterocycles. The van der Waals surface area contributed by atoms with Crippen molar-refractivity contribution in [2.24, 2.45) is 0 Å². The van der Waals surface area contributed by atoms with E-state index >= 15 is 0 Å². The van der Waals surface area contributed by atoms with Gasteiger partial charge in [0.1, 0.15) is 6.10 Å². The average molecular weight is 780 g/mol. The highest BCUT2D eigenvalue weighted by molar-refractivity contribution is 5.80. The fraction of sp³-hybridized carbons (Fsp3) is 0.980. The van der Waals surface area contributed by atoms with Gasteiger partial charge in [0.15, 0.2) is 0 Å². The van der Waals surface area contributed by atoms with Crippen molar-refractivity contribution in [3.05, 3.63) is 0 Å². The summed E-state index contributed by atoms with van der Waals surface area (Å²) in [6, 6.07) is -0.705. The number of hydrogen-bond acceptors (Lipinski definition) is 4. The third-order valence-corrected chi connectivity index (χ3v) is 12.2. The summed E-state index contributed by atoms with van der Waals surface area (Å²) in [5, 5.41) is 33.4. The van der Waals surface area contributed by atoms with Crippen LogP contribution in [0.5, 0.6) is 0 Å². The minimum absolute atomic E-state index is 0.308. The fourth-order valence-electron chi connectivity index (χ4n) is 8.25. The van der Waals surface area contributed by atoms with Gasteiger partial charge >= 0.3 is 0 Å². The van der Waals surface area contributed by atoms with Crippen molar-refractivity contribution in [3.8, 4) is 0 Å². The molecule has 0 fully saturated rings. The van der Waals surface area contributed by atoms with E-state index in [-0.39, 0.29) is 6.61 Å². The highest BCUT2D eigenvalue weighted by Gasteiger charge is 2.23. The Hall–Kier alpha value is -0.650. The van der Waals surface area contributed by atoms with Gasteiger partial charge in [0.25, 0.3) is 0 Å². The molecule has 0 aliphatic rings. The lowest BCUT2D eigenvalue weighted by atomic mass is 10.0. The van der Waals surface area contributed by atoms with Crippen LogP contribution in [0.2, 0.25) is 0 Å². The van der Waals surface area contributed by atoms with Gasteiger partial charge in [0.05, 0.1) is 18.8 Å². The van der Waals surface area contributed by atoms with Crippen LogP contribution in [-0.2, 0) is 4.79 Å². The monoisotopic (exact) mass is 780 g/mol. The molecule has 0 aromatic rings. The topological polar surface area (TPSA) is 89.8 Å². The second-order valence-corrected chi connectivity index (χ2v) is 17.7. The third kappa shape index (κ3) is 41.3. The number of carbonyl (C=O) groups is 1. The first-order valence-electron chi connectivity index (χ1n) is 25.3. The molecular weight excluding hydrogens is 679 g/mol. The van der Waals surface area contributed by atoms with Gasteiger partial charge < -0.3 is 20.6 Å². The first-order chi connectivity index (χ1) is 27.1. The molecule has 4 N–H and O–H groups in total. The number of unbranched alkanes of at least 4 members (excludes halogenated alkanes) is 39. The van der Waals surface area contributed by atoms with E-state index in [4.69, 9.17) is 0 Å². The lowest BCUT2D eigenvalue weighted by Gasteiger charge is -2.23. The van der Waals surface area contributed by atoms with Gasteiger partial charge in [0, 0.05) is 0 Å². The molecule has 0 spiro atoms. The summed E-state index contributed by atoms with van der Waals surface area (Å²) in [5.74, 6) is -0.464. The Balaban J connectivity index is 3.47. The molecule has 0 bridgehead atoms. The average Bonchev–Trinajstić information content (AvgIpc) is 3.19. The molecule has 1 amide bonds. The molecule has 0 aliphatic heterocycles. The van der Waals surface area contributed by atoms with E-state index in [9.17, 15) is 20.1 Å². The van der Waals surface area contributed by atoms with E-state index in [1.165, 1.54) is 231 Å². The maximum Gasteiger partial charge on any atom is 0.249 e. The maximum atomic E-state index is 12.5. The molecule has 55 heavy (non-hydrogen) atoms. The molecule has 5 nitrogen and oxygen atoms in total. The Morgan fingerprint density at radius 1 is 0.364 bits per heavy atom. The second-order valence-electron chi connectivity index (χ2n) is 17.7. The van der Waals surface area contributed by atoms with Crippen LogP contribution in [-0.4, -0.2) is 46.1 Å². The zero-order chi connectivity index (χ0) is 40.1.